The van der Waals surface area contributed by atoms with Crippen LogP contribution in [0.2, 0.25) is 0 Å². The summed E-state index contributed by atoms with van der Waals surface area (Å²) in [6.07, 6.45) is 0. The van der Waals surface area contributed by atoms with E-state index in [1.165, 1.54) is 30.5 Å². The van der Waals surface area contributed by atoms with Crippen LogP contribution in [0.25, 0.3) is 10.9 Å². The van der Waals surface area contributed by atoms with Crippen molar-refractivity contribution >= 4 is 28.6 Å². The van der Waals surface area contributed by atoms with Gasteiger partial charge >= 0.3 is 5.97 Å². The van der Waals surface area contributed by atoms with E-state index in [1.54, 1.807) is 18.2 Å². The number of hydrogen-bond acceptors (Lipinski definition) is 5. The molecular weight excluding hydrogens is 437 g/mol. The number of para-hydroxylation sites is 1. The van der Waals surface area contributed by atoms with Gasteiger partial charge in [-0.3, -0.25) is 0 Å². The lowest BCUT2D eigenvalue weighted by Crippen LogP contribution is -2.10. The second kappa shape index (κ2) is 10.0. The molecule has 0 aliphatic rings. The average molecular weight is 462 g/mol. The molecule has 0 atom stereocenters. The number of hydrogen-bond donors (Lipinski definition) is 0. The maximum Gasteiger partial charge on any atom is 0.344 e. The molecule has 1 heterocycles. The number of benzene rings is 3. The van der Waals surface area contributed by atoms with E-state index >= 15 is 0 Å². The molecule has 0 aliphatic heterocycles. The zero-order valence-electron chi connectivity index (χ0n) is 18.7. The largest absolute Gasteiger partial charge is 0.487 e. The Morgan fingerprint density at radius 1 is 1.00 bits per heavy atom. The van der Waals surface area contributed by atoms with Crippen molar-refractivity contribution in [2.75, 3.05) is 7.11 Å². The molecule has 4 nitrogen and oxygen atoms in total. The summed E-state index contributed by atoms with van der Waals surface area (Å²) in [6.45, 7) is 4.37. The van der Waals surface area contributed by atoms with Crippen molar-refractivity contribution in [1.29, 1.82) is 0 Å². The molecule has 33 heavy (non-hydrogen) atoms. The molecule has 0 N–H and O–H groups in total. The average Bonchev–Trinajstić information content (AvgIpc) is 2.82. The third kappa shape index (κ3) is 5.01. The van der Waals surface area contributed by atoms with Crippen molar-refractivity contribution in [3.8, 4) is 5.75 Å². The number of rotatable bonds is 7. The van der Waals surface area contributed by atoms with Crippen LogP contribution in [0, 0.1) is 19.7 Å². The van der Waals surface area contributed by atoms with E-state index in [1.807, 2.05) is 50.2 Å². The summed E-state index contributed by atoms with van der Waals surface area (Å²) >= 11 is 1.28. The second-order valence-corrected chi connectivity index (χ2v) is 8.69. The highest BCUT2D eigenvalue weighted by Gasteiger charge is 2.24. The summed E-state index contributed by atoms with van der Waals surface area (Å²) < 4.78 is 25.5. The van der Waals surface area contributed by atoms with Gasteiger partial charge in [0.1, 0.15) is 28.8 Å². The lowest BCUT2D eigenvalue weighted by atomic mass is 10.1. The van der Waals surface area contributed by atoms with E-state index in [0.29, 0.717) is 34.2 Å². The van der Waals surface area contributed by atoms with E-state index in [2.05, 4.69) is 6.07 Å². The molecule has 1 aromatic heterocycles. The lowest BCUT2D eigenvalue weighted by molar-refractivity contribution is 0.0590. The first-order valence-corrected chi connectivity index (χ1v) is 11.5. The maximum atomic E-state index is 14.2. The monoisotopic (exact) mass is 461 g/mol. The molecule has 4 rings (SSSR count). The van der Waals surface area contributed by atoms with Crippen molar-refractivity contribution < 1.29 is 18.7 Å². The molecule has 4 aromatic rings. The van der Waals surface area contributed by atoms with Crippen molar-refractivity contribution in [1.82, 2.24) is 4.98 Å². The number of carbonyl (C=O) groups is 1. The number of aromatic nitrogens is 1. The molecule has 0 saturated heterocycles. The molecule has 0 spiro atoms. The van der Waals surface area contributed by atoms with Gasteiger partial charge in [-0.15, -0.1) is 11.8 Å². The Morgan fingerprint density at radius 2 is 1.76 bits per heavy atom. The quantitative estimate of drug-likeness (QED) is 0.228. The Hall–Kier alpha value is -3.38. The summed E-state index contributed by atoms with van der Waals surface area (Å²) in [5, 5.41) is 1.16. The topological polar surface area (TPSA) is 48.4 Å². The van der Waals surface area contributed by atoms with E-state index in [-0.39, 0.29) is 11.4 Å². The standard InChI is InChI=1S/C27H24FNO3S/c1-17-12-13-19(18(2)14-17)15-32-25-21-9-5-7-11-23(21)29-26(24(25)27(30)31-3)33-16-20-8-4-6-10-22(20)28/h4-14H,15-16H2,1-3H3. The predicted octanol–water partition coefficient (Wildman–Crippen LogP) is 6.65. The van der Waals surface area contributed by atoms with Gasteiger partial charge in [0.2, 0.25) is 0 Å². The third-order valence-electron chi connectivity index (χ3n) is 5.39. The molecule has 0 saturated carbocycles. The van der Waals surface area contributed by atoms with E-state index in [4.69, 9.17) is 14.5 Å². The first kappa shape index (κ1) is 22.8. The fourth-order valence-electron chi connectivity index (χ4n) is 3.62. The number of ether oxygens (including phenoxy) is 2. The number of fused-ring (bicyclic) bond motifs is 1. The SMILES string of the molecule is COC(=O)c1c(SCc2ccccc2F)nc2ccccc2c1OCc1ccc(C)cc1C. The molecular formula is C27H24FNO3S. The van der Waals surface area contributed by atoms with E-state index in [0.717, 1.165) is 16.5 Å². The van der Waals surface area contributed by atoms with Gasteiger partial charge in [0.25, 0.3) is 0 Å². The highest BCUT2D eigenvalue weighted by atomic mass is 32.2. The first-order chi connectivity index (χ1) is 16.0. The minimum absolute atomic E-state index is 0.252. The molecule has 0 radical (unpaired) electrons. The van der Waals surface area contributed by atoms with Gasteiger partial charge in [-0.1, -0.05) is 54.1 Å². The van der Waals surface area contributed by atoms with Crippen LogP contribution in [0.5, 0.6) is 5.75 Å². The van der Waals surface area contributed by atoms with Gasteiger partial charge in [-0.2, -0.15) is 0 Å². The number of thioether (sulfide) groups is 1. The van der Waals surface area contributed by atoms with Gasteiger partial charge in [0.05, 0.1) is 12.6 Å². The molecule has 0 bridgehead atoms. The summed E-state index contributed by atoms with van der Waals surface area (Å²) in [6, 6.07) is 20.2. The number of carbonyl (C=O) groups excluding carboxylic acids is 1. The number of halogens is 1. The summed E-state index contributed by atoms with van der Waals surface area (Å²) in [7, 11) is 1.33. The molecule has 0 unspecified atom stereocenters. The Labute approximate surface area is 196 Å². The zero-order valence-corrected chi connectivity index (χ0v) is 19.5. The summed E-state index contributed by atoms with van der Waals surface area (Å²) in [4.78, 5) is 17.6. The molecule has 168 valence electrons. The van der Waals surface area contributed by atoms with Crippen LogP contribution in [0.3, 0.4) is 0 Å². The minimum atomic E-state index is -0.542. The maximum absolute atomic E-state index is 14.2. The van der Waals surface area contributed by atoms with Crippen molar-refractivity contribution in [2.45, 2.75) is 31.2 Å². The fourth-order valence-corrected chi connectivity index (χ4v) is 4.63. The highest BCUT2D eigenvalue weighted by Crippen LogP contribution is 2.37. The normalized spacial score (nSPS) is 10.9. The zero-order chi connectivity index (χ0) is 23.4. The predicted molar refractivity (Wildman–Crippen MR) is 129 cm³/mol. The van der Waals surface area contributed by atoms with Crippen LogP contribution < -0.4 is 4.74 Å². The van der Waals surface area contributed by atoms with Gasteiger partial charge in [-0.25, -0.2) is 14.2 Å². The lowest BCUT2D eigenvalue weighted by Gasteiger charge is -2.17. The summed E-state index contributed by atoms with van der Waals surface area (Å²) in [5.74, 6) is -0.0986. The van der Waals surface area contributed by atoms with Crippen molar-refractivity contribution in [2.24, 2.45) is 0 Å². The first-order valence-electron chi connectivity index (χ1n) is 10.5. The van der Waals surface area contributed by atoms with Crippen LogP contribution in [0.15, 0.2) is 71.8 Å². The molecule has 0 aliphatic carbocycles. The number of pyridine rings is 1. The molecule has 0 fully saturated rings. The van der Waals surface area contributed by atoms with Crippen molar-refractivity contribution in [3.05, 3.63) is 100 Å². The fraction of sp³-hybridized carbons (Fsp3) is 0.185. The minimum Gasteiger partial charge on any atom is -0.487 e. The number of aryl methyl sites for hydroxylation is 2. The van der Waals surface area contributed by atoms with Crippen LogP contribution in [0.1, 0.15) is 32.6 Å². The number of methoxy groups -OCH3 is 1. The van der Waals surface area contributed by atoms with Crippen LogP contribution in [-0.2, 0) is 17.1 Å². The molecule has 6 heteroatoms. The Bertz CT molecular complexity index is 1320. The van der Waals surface area contributed by atoms with E-state index < -0.39 is 5.97 Å². The summed E-state index contributed by atoms with van der Waals surface area (Å²) in [5.41, 5.74) is 4.79. The van der Waals surface area contributed by atoms with E-state index in [9.17, 15) is 9.18 Å². The molecule has 0 amide bonds. The molecule has 3 aromatic carbocycles. The van der Waals surface area contributed by atoms with Crippen LogP contribution in [0.4, 0.5) is 4.39 Å². The van der Waals surface area contributed by atoms with Crippen LogP contribution in [-0.4, -0.2) is 18.1 Å². The van der Waals surface area contributed by atoms with Gasteiger partial charge in [-0.05, 0) is 48.7 Å². The van der Waals surface area contributed by atoms with Crippen LogP contribution >= 0.6 is 11.8 Å². The highest BCUT2D eigenvalue weighted by molar-refractivity contribution is 7.98. The Kier molecular flexibility index (Phi) is 6.94. The Balaban J connectivity index is 1.77. The van der Waals surface area contributed by atoms with Gasteiger partial charge in [0, 0.05) is 11.1 Å². The second-order valence-electron chi connectivity index (χ2n) is 7.73. The number of esters is 1. The third-order valence-corrected chi connectivity index (χ3v) is 6.42. The Morgan fingerprint density at radius 3 is 2.52 bits per heavy atom. The van der Waals surface area contributed by atoms with Gasteiger partial charge in [0.15, 0.2) is 0 Å². The van der Waals surface area contributed by atoms with Crippen molar-refractivity contribution in [3.63, 3.8) is 0 Å². The van der Waals surface area contributed by atoms with Gasteiger partial charge < -0.3 is 9.47 Å². The smallest absolute Gasteiger partial charge is 0.344 e. The number of nitrogens with zero attached hydrogens (tertiary/aromatic N) is 1.